The lowest BCUT2D eigenvalue weighted by molar-refractivity contribution is -0.139. The van der Waals surface area contributed by atoms with Crippen molar-refractivity contribution < 1.29 is 18.3 Å². The topological polar surface area (TPSA) is 71.4 Å². The van der Waals surface area contributed by atoms with E-state index < -0.39 is 15.8 Å². The summed E-state index contributed by atoms with van der Waals surface area (Å²) in [5.41, 5.74) is -0.226. The van der Waals surface area contributed by atoms with E-state index in [0.29, 0.717) is 6.42 Å². The number of aliphatic carboxylic acids is 1. The number of hydrogen-bond donors (Lipinski definition) is 1. The van der Waals surface area contributed by atoms with Crippen LogP contribution in [0.1, 0.15) is 20.3 Å². The highest BCUT2D eigenvalue weighted by molar-refractivity contribution is 7.91. The van der Waals surface area contributed by atoms with Crippen LogP contribution in [0.15, 0.2) is 0 Å². The Labute approximate surface area is 89.6 Å². The third-order valence-corrected chi connectivity index (χ3v) is 5.75. The highest BCUT2D eigenvalue weighted by Crippen LogP contribution is 2.63. The van der Waals surface area contributed by atoms with Crippen molar-refractivity contribution in [2.75, 3.05) is 11.5 Å². The summed E-state index contributed by atoms with van der Waals surface area (Å²) in [7, 11) is -2.89. The van der Waals surface area contributed by atoms with Gasteiger partial charge < -0.3 is 5.11 Å². The van der Waals surface area contributed by atoms with Crippen LogP contribution in [0.5, 0.6) is 0 Å². The fourth-order valence-electron chi connectivity index (χ4n) is 3.14. The normalized spacial score (nSPS) is 41.3. The van der Waals surface area contributed by atoms with Crippen molar-refractivity contribution in [1.29, 1.82) is 0 Å². The zero-order valence-electron chi connectivity index (χ0n) is 8.93. The first-order valence-corrected chi connectivity index (χ1v) is 7.01. The molecule has 1 aliphatic carbocycles. The molecule has 0 aromatic rings. The fourth-order valence-corrected chi connectivity index (χ4v) is 4.99. The predicted molar refractivity (Wildman–Crippen MR) is 55.2 cm³/mol. The summed E-state index contributed by atoms with van der Waals surface area (Å²) < 4.78 is 22.6. The molecule has 0 aromatic heterocycles. The van der Waals surface area contributed by atoms with Crippen LogP contribution in [0.25, 0.3) is 0 Å². The van der Waals surface area contributed by atoms with Gasteiger partial charge in [-0.15, -0.1) is 0 Å². The van der Waals surface area contributed by atoms with Gasteiger partial charge in [0.2, 0.25) is 0 Å². The third-order valence-electron chi connectivity index (χ3n) is 3.95. The summed E-state index contributed by atoms with van der Waals surface area (Å²) in [5, 5.41) is 9.00. The molecule has 0 aromatic carbocycles. The van der Waals surface area contributed by atoms with Crippen molar-refractivity contribution in [2.24, 2.45) is 23.2 Å². The quantitative estimate of drug-likeness (QED) is 0.763. The van der Waals surface area contributed by atoms with E-state index in [9.17, 15) is 13.2 Å². The number of rotatable bonds is 2. The maximum Gasteiger partial charge on any atom is 0.307 e. The van der Waals surface area contributed by atoms with E-state index in [1.54, 1.807) is 0 Å². The van der Waals surface area contributed by atoms with Crippen molar-refractivity contribution >= 4 is 15.8 Å². The second-order valence-corrected chi connectivity index (χ2v) is 7.55. The van der Waals surface area contributed by atoms with Crippen molar-refractivity contribution in [3.8, 4) is 0 Å². The van der Waals surface area contributed by atoms with Crippen LogP contribution >= 0.6 is 0 Å². The Morgan fingerprint density at radius 3 is 2.33 bits per heavy atom. The molecule has 1 saturated carbocycles. The molecule has 5 heteroatoms. The van der Waals surface area contributed by atoms with Gasteiger partial charge in [0, 0.05) is 0 Å². The zero-order valence-corrected chi connectivity index (χ0v) is 9.75. The van der Waals surface area contributed by atoms with E-state index in [0.717, 1.165) is 0 Å². The van der Waals surface area contributed by atoms with Crippen molar-refractivity contribution in [3.05, 3.63) is 0 Å². The first-order valence-electron chi connectivity index (χ1n) is 5.19. The number of hydrogen-bond acceptors (Lipinski definition) is 3. The molecule has 1 saturated heterocycles. The second kappa shape index (κ2) is 2.97. The molecule has 3 unspecified atom stereocenters. The SMILES string of the molecule is CC1(C)C(C(=O)O)C1C1CCS(=O)(=O)C1. The summed E-state index contributed by atoms with van der Waals surface area (Å²) >= 11 is 0. The molecular weight excluding hydrogens is 216 g/mol. The van der Waals surface area contributed by atoms with Crippen LogP contribution in [0.4, 0.5) is 0 Å². The minimum Gasteiger partial charge on any atom is -0.481 e. The molecule has 0 radical (unpaired) electrons. The average Bonchev–Trinajstić information content (AvgIpc) is 2.43. The van der Waals surface area contributed by atoms with Gasteiger partial charge >= 0.3 is 5.97 Å². The van der Waals surface area contributed by atoms with Gasteiger partial charge in [0.15, 0.2) is 9.84 Å². The van der Waals surface area contributed by atoms with Crippen LogP contribution < -0.4 is 0 Å². The van der Waals surface area contributed by atoms with Crippen molar-refractivity contribution in [1.82, 2.24) is 0 Å². The first kappa shape index (κ1) is 10.9. The first-order chi connectivity index (χ1) is 6.76. The van der Waals surface area contributed by atoms with Crippen LogP contribution in [0, 0.1) is 23.2 Å². The van der Waals surface area contributed by atoms with Crippen LogP contribution in [-0.4, -0.2) is 31.0 Å². The predicted octanol–water partition coefficient (Wildman–Crippen LogP) is 0.778. The highest BCUT2D eigenvalue weighted by Gasteiger charge is 2.65. The molecule has 0 spiro atoms. The van der Waals surface area contributed by atoms with E-state index in [1.807, 2.05) is 13.8 Å². The third kappa shape index (κ3) is 1.67. The Morgan fingerprint density at radius 2 is 2.00 bits per heavy atom. The van der Waals surface area contributed by atoms with Crippen LogP contribution in [0.2, 0.25) is 0 Å². The molecule has 0 amide bonds. The van der Waals surface area contributed by atoms with E-state index in [-0.39, 0.29) is 34.7 Å². The van der Waals surface area contributed by atoms with Gasteiger partial charge in [0.1, 0.15) is 0 Å². The van der Waals surface area contributed by atoms with E-state index in [2.05, 4.69) is 0 Å². The largest absolute Gasteiger partial charge is 0.481 e. The molecule has 86 valence electrons. The number of sulfone groups is 1. The number of carbonyl (C=O) groups is 1. The van der Waals surface area contributed by atoms with Gasteiger partial charge in [-0.2, -0.15) is 0 Å². The van der Waals surface area contributed by atoms with Gasteiger partial charge in [-0.3, -0.25) is 4.79 Å². The summed E-state index contributed by atoms with van der Waals surface area (Å²) in [6.45, 7) is 3.84. The van der Waals surface area contributed by atoms with Gasteiger partial charge in [0.05, 0.1) is 17.4 Å². The number of carboxylic acid groups (broad SMARTS) is 1. The molecule has 4 nitrogen and oxygen atoms in total. The average molecular weight is 232 g/mol. The van der Waals surface area contributed by atoms with E-state index in [4.69, 9.17) is 5.11 Å². The summed E-state index contributed by atoms with van der Waals surface area (Å²) in [5.74, 6) is -0.606. The summed E-state index contributed by atoms with van der Waals surface area (Å²) in [4.78, 5) is 11.0. The molecule has 2 aliphatic rings. The van der Waals surface area contributed by atoms with E-state index >= 15 is 0 Å². The number of carboxylic acids is 1. The van der Waals surface area contributed by atoms with Crippen LogP contribution in [0.3, 0.4) is 0 Å². The Hall–Kier alpha value is -0.580. The fraction of sp³-hybridized carbons (Fsp3) is 0.900. The van der Waals surface area contributed by atoms with E-state index in [1.165, 1.54) is 0 Å². The molecular formula is C10H16O4S. The lowest BCUT2D eigenvalue weighted by atomic mass is 9.97. The standard InChI is InChI=1S/C10H16O4S/c1-10(2)7(8(10)9(11)12)6-3-4-15(13,14)5-6/h6-8H,3-5H2,1-2H3,(H,11,12). The molecule has 1 N–H and O–H groups in total. The minimum absolute atomic E-state index is 0.0484. The molecule has 2 rings (SSSR count). The van der Waals surface area contributed by atoms with Gasteiger partial charge in [-0.05, 0) is 23.7 Å². The molecule has 2 fully saturated rings. The molecule has 1 heterocycles. The molecule has 3 atom stereocenters. The summed E-state index contributed by atoms with van der Waals surface area (Å²) in [6, 6.07) is 0. The maximum absolute atomic E-state index is 11.3. The Kier molecular flexibility index (Phi) is 2.16. The monoisotopic (exact) mass is 232 g/mol. The van der Waals surface area contributed by atoms with Crippen molar-refractivity contribution in [3.63, 3.8) is 0 Å². The minimum atomic E-state index is -2.89. The second-order valence-electron chi connectivity index (χ2n) is 5.33. The molecule has 15 heavy (non-hydrogen) atoms. The zero-order chi connectivity index (χ0) is 11.4. The molecule has 0 bridgehead atoms. The maximum atomic E-state index is 11.3. The van der Waals surface area contributed by atoms with Crippen LogP contribution in [-0.2, 0) is 14.6 Å². The smallest absolute Gasteiger partial charge is 0.307 e. The van der Waals surface area contributed by atoms with Gasteiger partial charge in [-0.1, -0.05) is 13.8 Å². The molecule has 1 aliphatic heterocycles. The van der Waals surface area contributed by atoms with Gasteiger partial charge in [-0.25, -0.2) is 8.42 Å². The Balaban J connectivity index is 2.12. The summed E-state index contributed by atoms with van der Waals surface area (Å²) in [6.07, 6.45) is 0.639. The lowest BCUT2D eigenvalue weighted by Gasteiger charge is -2.07. The lowest BCUT2D eigenvalue weighted by Crippen LogP contribution is -2.10. The highest BCUT2D eigenvalue weighted by atomic mass is 32.2. The Bertz CT molecular complexity index is 396. The Morgan fingerprint density at radius 1 is 1.40 bits per heavy atom. The van der Waals surface area contributed by atoms with Crippen molar-refractivity contribution in [2.45, 2.75) is 20.3 Å². The van der Waals surface area contributed by atoms with Gasteiger partial charge in [0.25, 0.3) is 0 Å².